The zero-order valence-corrected chi connectivity index (χ0v) is 11.5. The maximum Gasteiger partial charge on any atom is 0.260 e. The van der Waals surface area contributed by atoms with Gasteiger partial charge in [0, 0.05) is 18.0 Å². The molecule has 1 saturated carbocycles. The lowest BCUT2D eigenvalue weighted by atomic mass is 10.1. The Kier molecular flexibility index (Phi) is 4.72. The Morgan fingerprint density at radius 1 is 1.16 bits per heavy atom. The van der Waals surface area contributed by atoms with Crippen molar-refractivity contribution in [3.8, 4) is 0 Å². The van der Waals surface area contributed by atoms with E-state index in [4.69, 9.17) is 0 Å². The predicted molar refractivity (Wildman–Crippen MR) is 74.8 cm³/mol. The zero-order valence-electron chi connectivity index (χ0n) is 11.5. The third-order valence-electron chi connectivity index (χ3n) is 3.66. The van der Waals surface area contributed by atoms with Crippen LogP contribution in [0.4, 0.5) is 0 Å². The quantitative estimate of drug-likeness (QED) is 0.831. The molecular weight excluding hydrogens is 238 g/mol. The first-order valence-corrected chi connectivity index (χ1v) is 7.15. The van der Waals surface area contributed by atoms with Gasteiger partial charge in [-0.25, -0.2) is 0 Å². The van der Waals surface area contributed by atoms with Crippen molar-refractivity contribution < 1.29 is 9.59 Å². The Labute approximate surface area is 114 Å². The monoisotopic (exact) mass is 259 g/mol. The van der Waals surface area contributed by atoms with Gasteiger partial charge >= 0.3 is 0 Å². The third-order valence-corrected chi connectivity index (χ3v) is 3.66. The molecule has 2 rings (SSSR count). The van der Waals surface area contributed by atoms with Crippen LogP contribution in [0, 0.1) is 0 Å². The van der Waals surface area contributed by atoms with E-state index in [9.17, 15) is 9.59 Å². The molecule has 0 bridgehead atoms. The Morgan fingerprint density at radius 2 is 1.79 bits per heavy atom. The first kappa shape index (κ1) is 13.8. The number of rotatable bonds is 4. The third kappa shape index (κ3) is 3.22. The first-order valence-electron chi connectivity index (χ1n) is 7.15. The van der Waals surface area contributed by atoms with Crippen molar-refractivity contribution in [1.82, 2.24) is 4.90 Å². The van der Waals surface area contributed by atoms with Crippen LogP contribution in [0.5, 0.6) is 0 Å². The summed E-state index contributed by atoms with van der Waals surface area (Å²) in [6.45, 7) is 1.97. The second-order valence-electron chi connectivity index (χ2n) is 5.12. The summed E-state index contributed by atoms with van der Waals surface area (Å²) in [6.07, 6.45) is 5.37. The fourth-order valence-corrected chi connectivity index (χ4v) is 2.70. The molecule has 0 radical (unpaired) electrons. The standard InChI is InChI=1S/C16H21NO2/c1-2-8-15(18)17(14-11-6-7-12-14)16(19)13-9-4-3-5-10-13/h3-5,9-10,14H,2,6-8,11-12H2,1H3. The van der Waals surface area contributed by atoms with Crippen LogP contribution in [-0.4, -0.2) is 22.8 Å². The summed E-state index contributed by atoms with van der Waals surface area (Å²) in [5, 5.41) is 0. The highest BCUT2D eigenvalue weighted by Gasteiger charge is 2.31. The van der Waals surface area contributed by atoms with E-state index in [1.54, 1.807) is 12.1 Å². The molecule has 0 spiro atoms. The highest BCUT2D eigenvalue weighted by molar-refractivity contribution is 6.05. The molecule has 19 heavy (non-hydrogen) atoms. The summed E-state index contributed by atoms with van der Waals surface area (Å²) in [7, 11) is 0. The van der Waals surface area contributed by atoms with Gasteiger partial charge in [0.15, 0.2) is 0 Å². The molecule has 1 aromatic carbocycles. The van der Waals surface area contributed by atoms with E-state index in [0.717, 1.165) is 32.1 Å². The van der Waals surface area contributed by atoms with E-state index in [1.165, 1.54) is 4.90 Å². The average molecular weight is 259 g/mol. The summed E-state index contributed by atoms with van der Waals surface area (Å²) in [5.41, 5.74) is 0.610. The van der Waals surface area contributed by atoms with E-state index < -0.39 is 0 Å². The van der Waals surface area contributed by atoms with Crippen molar-refractivity contribution in [1.29, 1.82) is 0 Å². The summed E-state index contributed by atoms with van der Waals surface area (Å²) >= 11 is 0. The van der Waals surface area contributed by atoms with Crippen molar-refractivity contribution in [2.75, 3.05) is 0 Å². The molecule has 2 amide bonds. The number of hydrogen-bond donors (Lipinski definition) is 0. The maximum atomic E-state index is 12.6. The highest BCUT2D eigenvalue weighted by Crippen LogP contribution is 2.25. The molecule has 3 heteroatoms. The lowest BCUT2D eigenvalue weighted by molar-refractivity contribution is -0.130. The van der Waals surface area contributed by atoms with E-state index in [-0.39, 0.29) is 17.9 Å². The van der Waals surface area contributed by atoms with Gasteiger partial charge in [-0.3, -0.25) is 14.5 Å². The average Bonchev–Trinajstić information content (AvgIpc) is 2.94. The Hall–Kier alpha value is -1.64. The van der Waals surface area contributed by atoms with Gasteiger partial charge in [-0.05, 0) is 31.4 Å². The van der Waals surface area contributed by atoms with Gasteiger partial charge in [0.05, 0.1) is 0 Å². The molecule has 3 nitrogen and oxygen atoms in total. The number of hydrogen-bond acceptors (Lipinski definition) is 2. The van der Waals surface area contributed by atoms with E-state index in [2.05, 4.69) is 0 Å². The minimum absolute atomic E-state index is 0.0248. The SMILES string of the molecule is CCCC(=O)N(C(=O)c1ccccc1)C1CCCC1. The van der Waals surface area contributed by atoms with Crippen LogP contribution in [0.15, 0.2) is 30.3 Å². The molecule has 0 saturated heterocycles. The lowest BCUT2D eigenvalue weighted by Gasteiger charge is -2.27. The smallest absolute Gasteiger partial charge is 0.260 e. The molecular formula is C16H21NO2. The number of carbonyl (C=O) groups is 2. The number of imide groups is 1. The van der Waals surface area contributed by atoms with Gasteiger partial charge in [0.25, 0.3) is 5.91 Å². The van der Waals surface area contributed by atoms with Crippen molar-refractivity contribution >= 4 is 11.8 Å². The maximum absolute atomic E-state index is 12.6. The van der Waals surface area contributed by atoms with Crippen LogP contribution in [-0.2, 0) is 4.79 Å². The van der Waals surface area contributed by atoms with Gasteiger partial charge in [-0.1, -0.05) is 38.0 Å². The summed E-state index contributed by atoms with van der Waals surface area (Å²) in [5.74, 6) is -0.158. The molecule has 102 valence electrons. The minimum Gasteiger partial charge on any atom is -0.275 e. The van der Waals surface area contributed by atoms with Gasteiger partial charge in [0.2, 0.25) is 5.91 Å². The largest absolute Gasteiger partial charge is 0.275 e. The molecule has 0 aliphatic heterocycles. The predicted octanol–water partition coefficient (Wildman–Crippen LogP) is 3.40. The van der Waals surface area contributed by atoms with Crippen molar-refractivity contribution in [3.05, 3.63) is 35.9 Å². The molecule has 0 atom stereocenters. The molecule has 1 aromatic rings. The number of amides is 2. The lowest BCUT2D eigenvalue weighted by Crippen LogP contribution is -2.43. The van der Waals surface area contributed by atoms with E-state index in [0.29, 0.717) is 12.0 Å². The Morgan fingerprint density at radius 3 is 2.37 bits per heavy atom. The topological polar surface area (TPSA) is 37.4 Å². The van der Waals surface area contributed by atoms with Crippen LogP contribution in [0.25, 0.3) is 0 Å². The summed E-state index contributed by atoms with van der Waals surface area (Å²) < 4.78 is 0. The molecule has 0 unspecified atom stereocenters. The van der Waals surface area contributed by atoms with Gasteiger partial charge < -0.3 is 0 Å². The molecule has 0 heterocycles. The van der Waals surface area contributed by atoms with Crippen molar-refractivity contribution in [3.63, 3.8) is 0 Å². The van der Waals surface area contributed by atoms with Gasteiger partial charge in [0.1, 0.15) is 0 Å². The fourth-order valence-electron chi connectivity index (χ4n) is 2.70. The fraction of sp³-hybridized carbons (Fsp3) is 0.500. The molecule has 0 aromatic heterocycles. The van der Waals surface area contributed by atoms with Crippen LogP contribution in [0.1, 0.15) is 55.8 Å². The normalized spacial score (nSPS) is 15.4. The van der Waals surface area contributed by atoms with E-state index >= 15 is 0 Å². The van der Waals surface area contributed by atoms with Crippen molar-refractivity contribution in [2.45, 2.75) is 51.5 Å². The highest BCUT2D eigenvalue weighted by atomic mass is 16.2. The molecule has 0 N–H and O–H groups in total. The minimum atomic E-state index is -0.133. The first-order chi connectivity index (χ1) is 9.24. The number of nitrogens with zero attached hydrogens (tertiary/aromatic N) is 1. The molecule has 1 aliphatic carbocycles. The second kappa shape index (κ2) is 6.50. The molecule has 1 fully saturated rings. The molecule has 1 aliphatic rings. The number of benzene rings is 1. The summed E-state index contributed by atoms with van der Waals surface area (Å²) in [4.78, 5) is 26.3. The second-order valence-corrected chi connectivity index (χ2v) is 5.12. The van der Waals surface area contributed by atoms with Crippen molar-refractivity contribution in [2.24, 2.45) is 0 Å². The van der Waals surface area contributed by atoms with Crippen LogP contribution in [0.3, 0.4) is 0 Å². The van der Waals surface area contributed by atoms with Crippen LogP contribution < -0.4 is 0 Å². The zero-order chi connectivity index (χ0) is 13.7. The Bertz CT molecular complexity index is 435. The van der Waals surface area contributed by atoms with E-state index in [1.807, 2.05) is 25.1 Å². The Balaban J connectivity index is 2.21. The van der Waals surface area contributed by atoms with Crippen LogP contribution >= 0.6 is 0 Å². The van der Waals surface area contributed by atoms with Crippen LogP contribution in [0.2, 0.25) is 0 Å². The van der Waals surface area contributed by atoms with Gasteiger partial charge in [-0.15, -0.1) is 0 Å². The summed E-state index contributed by atoms with van der Waals surface area (Å²) in [6, 6.07) is 9.22. The van der Waals surface area contributed by atoms with Gasteiger partial charge in [-0.2, -0.15) is 0 Å². The number of carbonyl (C=O) groups excluding carboxylic acids is 2.